The molecule has 0 spiro atoms. The second-order valence-electron chi connectivity index (χ2n) is 7.69. The van der Waals surface area contributed by atoms with E-state index in [1.54, 1.807) is 13.8 Å². The Morgan fingerprint density at radius 3 is 2.29 bits per heavy atom. The maximum Gasteiger partial charge on any atom is 0.416 e. The monoisotopic (exact) mass is 455 g/mol. The van der Waals surface area contributed by atoms with E-state index in [-0.39, 0.29) is 16.1 Å². The van der Waals surface area contributed by atoms with Crippen molar-refractivity contribution in [3.63, 3.8) is 0 Å². The summed E-state index contributed by atoms with van der Waals surface area (Å²) in [5.41, 5.74) is 0.570. The summed E-state index contributed by atoms with van der Waals surface area (Å²) in [6.45, 7) is 4.54. The Morgan fingerprint density at radius 1 is 1.06 bits per heavy atom. The largest absolute Gasteiger partial charge is 0.416 e. The second-order valence-corrected chi connectivity index (χ2v) is 9.22. The zero-order valence-corrected chi connectivity index (χ0v) is 18.0. The van der Waals surface area contributed by atoms with Crippen LogP contribution in [0.2, 0.25) is 0 Å². The zero-order valence-electron chi connectivity index (χ0n) is 17.2. The van der Waals surface area contributed by atoms with Crippen molar-refractivity contribution in [3.8, 4) is 0 Å². The number of halogens is 3. The Balaban J connectivity index is 2.02. The Morgan fingerprint density at radius 2 is 1.71 bits per heavy atom. The van der Waals surface area contributed by atoms with Gasteiger partial charge in [-0.2, -0.15) is 13.2 Å². The molecule has 0 atom stereocenters. The first kappa shape index (κ1) is 23.1. The van der Waals surface area contributed by atoms with Crippen LogP contribution < -0.4 is 15.4 Å². The van der Waals surface area contributed by atoms with Crippen molar-refractivity contribution < 1.29 is 26.4 Å². The molecule has 1 heterocycles. The molecule has 2 aromatic rings. The lowest BCUT2D eigenvalue weighted by Gasteiger charge is -2.31. The van der Waals surface area contributed by atoms with Gasteiger partial charge in [0.2, 0.25) is 10.0 Å². The number of benzene rings is 2. The van der Waals surface area contributed by atoms with E-state index in [0.717, 1.165) is 37.5 Å². The first-order valence-corrected chi connectivity index (χ1v) is 11.3. The number of nitrogens with two attached hydrogens (primary N) is 1. The topological polar surface area (TPSA) is 92.5 Å². The normalized spacial score (nSPS) is 15.1. The van der Waals surface area contributed by atoms with Crippen molar-refractivity contribution >= 4 is 27.3 Å². The average Bonchev–Trinajstić information content (AvgIpc) is 2.69. The Bertz CT molecular complexity index is 1110. The van der Waals surface area contributed by atoms with E-state index in [4.69, 9.17) is 5.14 Å². The summed E-state index contributed by atoms with van der Waals surface area (Å²) in [5, 5.41) is 7.79. The molecule has 10 heteroatoms. The quantitative estimate of drug-likeness (QED) is 0.722. The van der Waals surface area contributed by atoms with Gasteiger partial charge in [-0.3, -0.25) is 4.79 Å². The number of nitrogens with one attached hydrogen (secondary N) is 1. The molecule has 6 nitrogen and oxygen atoms in total. The van der Waals surface area contributed by atoms with Gasteiger partial charge in [-0.05, 0) is 74.6 Å². The lowest BCUT2D eigenvalue weighted by Crippen LogP contribution is -2.30. The number of rotatable bonds is 4. The molecule has 3 rings (SSSR count). The molecular weight excluding hydrogens is 431 g/mol. The maximum atomic E-state index is 13.3. The van der Waals surface area contributed by atoms with E-state index in [2.05, 4.69) is 5.32 Å². The van der Waals surface area contributed by atoms with Gasteiger partial charge in [0.15, 0.2) is 0 Å². The predicted octanol–water partition coefficient (Wildman–Crippen LogP) is 4.21. The van der Waals surface area contributed by atoms with E-state index in [9.17, 15) is 26.4 Å². The van der Waals surface area contributed by atoms with Crippen LogP contribution in [0.3, 0.4) is 0 Å². The molecule has 1 aliphatic heterocycles. The van der Waals surface area contributed by atoms with Gasteiger partial charge in [0.1, 0.15) is 0 Å². The number of sulfonamides is 1. The van der Waals surface area contributed by atoms with Crippen LogP contribution in [-0.4, -0.2) is 27.4 Å². The van der Waals surface area contributed by atoms with E-state index in [0.29, 0.717) is 29.9 Å². The highest BCUT2D eigenvalue weighted by Gasteiger charge is 2.32. The van der Waals surface area contributed by atoms with Crippen molar-refractivity contribution in [1.29, 1.82) is 0 Å². The van der Waals surface area contributed by atoms with E-state index < -0.39 is 27.7 Å². The van der Waals surface area contributed by atoms with Gasteiger partial charge in [-0.1, -0.05) is 0 Å². The number of hydrogen-bond donors (Lipinski definition) is 2. The summed E-state index contributed by atoms with van der Waals surface area (Å²) in [6, 6.07) is 5.88. The number of hydrogen-bond acceptors (Lipinski definition) is 4. The van der Waals surface area contributed by atoms with Gasteiger partial charge in [0.05, 0.1) is 21.8 Å². The molecule has 0 bridgehead atoms. The van der Waals surface area contributed by atoms with Gasteiger partial charge in [-0.25, -0.2) is 13.6 Å². The van der Waals surface area contributed by atoms with Crippen LogP contribution in [-0.2, 0) is 16.2 Å². The number of piperidine rings is 1. The smallest absolute Gasteiger partial charge is 0.370 e. The first-order chi connectivity index (χ1) is 14.4. The Kier molecular flexibility index (Phi) is 6.33. The summed E-state index contributed by atoms with van der Waals surface area (Å²) in [4.78, 5) is 14.6. The third-order valence-corrected chi connectivity index (χ3v) is 6.49. The lowest BCUT2D eigenvalue weighted by atomic mass is 10.0. The minimum Gasteiger partial charge on any atom is -0.370 e. The van der Waals surface area contributed by atoms with Crippen molar-refractivity contribution in [2.24, 2.45) is 5.14 Å². The molecule has 2 aromatic carbocycles. The number of amides is 1. The molecule has 1 amide bonds. The minimum absolute atomic E-state index is 0.00543. The highest BCUT2D eigenvalue weighted by Crippen LogP contribution is 2.36. The van der Waals surface area contributed by atoms with E-state index >= 15 is 0 Å². The molecule has 0 radical (unpaired) electrons. The number of aryl methyl sites for hydroxylation is 1. The minimum atomic E-state index is -4.57. The number of primary sulfonamides is 1. The van der Waals surface area contributed by atoms with E-state index in [1.165, 1.54) is 12.1 Å². The van der Waals surface area contributed by atoms with Crippen molar-refractivity contribution in [3.05, 3.63) is 52.6 Å². The molecule has 31 heavy (non-hydrogen) atoms. The van der Waals surface area contributed by atoms with Crippen LogP contribution in [0.25, 0.3) is 0 Å². The van der Waals surface area contributed by atoms with Crippen molar-refractivity contribution in [1.82, 2.24) is 0 Å². The van der Waals surface area contributed by atoms with Crippen molar-refractivity contribution in [2.45, 2.75) is 44.2 Å². The fourth-order valence-corrected chi connectivity index (χ4v) is 4.55. The molecule has 0 unspecified atom stereocenters. The number of anilines is 2. The SMILES string of the molecule is Cc1cc(C(=O)Nc2cc(C(F)(F)F)ccc2N2CCCCC2)cc(S(N)(=O)=O)c1C. The molecule has 1 saturated heterocycles. The number of nitrogens with zero attached hydrogens (tertiary/aromatic N) is 1. The average molecular weight is 456 g/mol. The van der Waals surface area contributed by atoms with Gasteiger partial charge >= 0.3 is 6.18 Å². The van der Waals surface area contributed by atoms with Crippen LogP contribution in [0, 0.1) is 13.8 Å². The lowest BCUT2D eigenvalue weighted by molar-refractivity contribution is -0.137. The third kappa shape index (κ3) is 5.19. The standard InChI is InChI=1S/C21H24F3N3O3S/c1-13-10-15(11-19(14(13)2)31(25,29)30)20(28)26-17-12-16(21(22,23)24)6-7-18(17)27-8-4-3-5-9-27/h6-7,10-12H,3-5,8-9H2,1-2H3,(H,26,28)(H2,25,29,30). The van der Waals surface area contributed by atoms with Crippen LogP contribution in [0.15, 0.2) is 35.2 Å². The molecule has 0 aromatic heterocycles. The summed E-state index contributed by atoms with van der Waals surface area (Å²) < 4.78 is 63.6. The van der Waals surface area contributed by atoms with Crippen molar-refractivity contribution in [2.75, 3.05) is 23.3 Å². The fourth-order valence-electron chi connectivity index (χ4n) is 3.67. The second kappa shape index (κ2) is 8.51. The predicted molar refractivity (Wildman–Crippen MR) is 113 cm³/mol. The van der Waals surface area contributed by atoms with Crippen LogP contribution >= 0.6 is 0 Å². The Hall–Kier alpha value is -2.59. The number of carbonyl (C=O) groups excluding carboxylic acids is 1. The van der Waals surface area contributed by atoms with Gasteiger partial charge < -0.3 is 10.2 Å². The molecule has 0 saturated carbocycles. The molecule has 3 N–H and O–H groups in total. The maximum absolute atomic E-state index is 13.3. The van der Waals surface area contributed by atoms with Crippen LogP contribution in [0.5, 0.6) is 0 Å². The highest BCUT2D eigenvalue weighted by atomic mass is 32.2. The Labute approximate surface area is 179 Å². The first-order valence-electron chi connectivity index (χ1n) is 9.79. The van der Waals surface area contributed by atoms with Gasteiger partial charge in [0, 0.05) is 18.7 Å². The number of alkyl halides is 3. The molecule has 1 fully saturated rings. The summed E-state index contributed by atoms with van der Waals surface area (Å²) in [7, 11) is -4.07. The molecular formula is C21H24F3N3O3S. The third-order valence-electron chi connectivity index (χ3n) is 5.46. The van der Waals surface area contributed by atoms with Gasteiger partial charge in [0.25, 0.3) is 5.91 Å². The summed E-state index contributed by atoms with van der Waals surface area (Å²) in [6.07, 6.45) is -1.72. The van der Waals surface area contributed by atoms with Crippen LogP contribution in [0.4, 0.5) is 24.5 Å². The highest BCUT2D eigenvalue weighted by molar-refractivity contribution is 7.89. The molecule has 0 aliphatic carbocycles. The van der Waals surface area contributed by atoms with Crippen LogP contribution in [0.1, 0.15) is 46.3 Å². The summed E-state index contributed by atoms with van der Waals surface area (Å²) >= 11 is 0. The molecule has 168 valence electrons. The van der Waals surface area contributed by atoms with E-state index in [1.807, 2.05) is 4.90 Å². The molecule has 1 aliphatic rings. The zero-order chi connectivity index (χ0) is 23.0. The fraction of sp³-hybridized carbons (Fsp3) is 0.381. The van der Waals surface area contributed by atoms with Gasteiger partial charge in [-0.15, -0.1) is 0 Å². The number of carbonyl (C=O) groups is 1. The summed E-state index contributed by atoms with van der Waals surface area (Å²) in [5.74, 6) is -0.717.